The van der Waals surface area contributed by atoms with Gasteiger partial charge in [0.15, 0.2) is 0 Å². The minimum Gasteiger partial charge on any atom is -0.497 e. The average Bonchev–Trinajstić information content (AvgIpc) is 3.39. The molecule has 0 spiro atoms. The molecular formula is C26H31N3O3S. The van der Waals surface area contributed by atoms with Crippen molar-refractivity contribution >= 4 is 22.9 Å². The standard InChI is InChI=1S/C26H31N3O3S/c1-19(27-26(30)22-7-4-5-8-23(22)32-3)25(24-9-6-18-33-24)29-16-14-28(15-17-29)20-10-12-21(31-2)13-11-20/h4-13,18-19,25H,14-17H2,1-3H3,(H,27,30)/t19-,25+/m1/s1. The van der Waals surface area contributed by atoms with E-state index >= 15 is 0 Å². The molecule has 1 aliphatic rings. The summed E-state index contributed by atoms with van der Waals surface area (Å²) < 4.78 is 10.7. The first-order chi connectivity index (χ1) is 16.1. The minimum absolute atomic E-state index is 0.0615. The lowest BCUT2D eigenvalue weighted by Gasteiger charge is -2.42. The summed E-state index contributed by atoms with van der Waals surface area (Å²) in [6.45, 7) is 5.79. The lowest BCUT2D eigenvalue weighted by Crippen LogP contribution is -2.52. The molecule has 1 amide bonds. The van der Waals surface area contributed by atoms with Gasteiger partial charge in [0.1, 0.15) is 11.5 Å². The number of anilines is 1. The summed E-state index contributed by atoms with van der Waals surface area (Å²) in [5.74, 6) is 1.34. The fraction of sp³-hybridized carbons (Fsp3) is 0.346. The number of nitrogens with zero attached hydrogens (tertiary/aromatic N) is 2. The Balaban J connectivity index is 1.46. The Morgan fingerprint density at radius 1 is 0.939 bits per heavy atom. The van der Waals surface area contributed by atoms with Gasteiger partial charge in [0.05, 0.1) is 25.8 Å². The molecule has 174 valence electrons. The number of nitrogens with one attached hydrogen (secondary N) is 1. The van der Waals surface area contributed by atoms with Crippen LogP contribution in [0.15, 0.2) is 66.0 Å². The van der Waals surface area contributed by atoms with Gasteiger partial charge in [-0.15, -0.1) is 11.3 Å². The van der Waals surface area contributed by atoms with Gasteiger partial charge in [0.25, 0.3) is 5.91 Å². The zero-order valence-corrected chi connectivity index (χ0v) is 20.2. The van der Waals surface area contributed by atoms with Crippen LogP contribution < -0.4 is 19.7 Å². The molecule has 1 N–H and O–H groups in total. The Morgan fingerprint density at radius 2 is 1.67 bits per heavy atom. The molecule has 0 unspecified atom stereocenters. The smallest absolute Gasteiger partial charge is 0.255 e. The van der Waals surface area contributed by atoms with E-state index in [2.05, 4.69) is 51.7 Å². The molecule has 7 heteroatoms. The summed E-state index contributed by atoms with van der Waals surface area (Å²) in [4.78, 5) is 19.2. The number of carbonyl (C=O) groups excluding carboxylic acids is 1. The maximum absolute atomic E-state index is 13.1. The van der Waals surface area contributed by atoms with Gasteiger partial charge in [0, 0.05) is 42.8 Å². The zero-order valence-electron chi connectivity index (χ0n) is 19.4. The minimum atomic E-state index is -0.113. The highest BCUT2D eigenvalue weighted by Crippen LogP contribution is 2.31. The van der Waals surface area contributed by atoms with E-state index in [0.717, 1.165) is 31.9 Å². The van der Waals surface area contributed by atoms with E-state index in [1.54, 1.807) is 31.6 Å². The van der Waals surface area contributed by atoms with E-state index in [-0.39, 0.29) is 18.0 Å². The molecule has 0 aliphatic carbocycles. The van der Waals surface area contributed by atoms with E-state index in [4.69, 9.17) is 9.47 Å². The van der Waals surface area contributed by atoms with Crippen LogP contribution in [0.25, 0.3) is 0 Å². The van der Waals surface area contributed by atoms with Crippen LogP contribution in [0.5, 0.6) is 11.5 Å². The van der Waals surface area contributed by atoms with Crippen LogP contribution in [-0.4, -0.2) is 57.2 Å². The van der Waals surface area contributed by atoms with Crippen LogP contribution >= 0.6 is 11.3 Å². The summed E-state index contributed by atoms with van der Waals surface area (Å²) in [7, 11) is 3.28. The van der Waals surface area contributed by atoms with Crippen LogP contribution in [-0.2, 0) is 0 Å². The molecule has 2 atom stereocenters. The third-order valence-electron chi connectivity index (χ3n) is 6.16. The van der Waals surface area contributed by atoms with E-state index < -0.39 is 0 Å². The van der Waals surface area contributed by atoms with Crippen molar-refractivity contribution in [2.24, 2.45) is 0 Å². The molecule has 2 aromatic carbocycles. The molecule has 0 bridgehead atoms. The van der Waals surface area contributed by atoms with Crippen LogP contribution in [0.2, 0.25) is 0 Å². The number of hydrogen-bond donors (Lipinski definition) is 1. The summed E-state index contributed by atoms with van der Waals surface area (Å²) >= 11 is 1.74. The zero-order chi connectivity index (χ0) is 23.2. The molecule has 6 nitrogen and oxygen atoms in total. The summed E-state index contributed by atoms with van der Waals surface area (Å²) in [5, 5.41) is 5.33. The van der Waals surface area contributed by atoms with E-state index in [1.807, 2.05) is 30.3 Å². The van der Waals surface area contributed by atoms with E-state index in [9.17, 15) is 4.79 Å². The predicted octanol–water partition coefficient (Wildman–Crippen LogP) is 4.45. The fourth-order valence-electron chi connectivity index (χ4n) is 4.45. The number of hydrogen-bond acceptors (Lipinski definition) is 6. The first-order valence-electron chi connectivity index (χ1n) is 11.2. The van der Waals surface area contributed by atoms with Crippen molar-refractivity contribution in [2.75, 3.05) is 45.3 Å². The first-order valence-corrected chi connectivity index (χ1v) is 12.1. The number of carbonyl (C=O) groups is 1. The second-order valence-corrected chi connectivity index (χ2v) is 9.12. The Morgan fingerprint density at radius 3 is 2.30 bits per heavy atom. The molecule has 1 aliphatic heterocycles. The fourth-order valence-corrected chi connectivity index (χ4v) is 5.41. The largest absolute Gasteiger partial charge is 0.497 e. The third-order valence-corrected chi connectivity index (χ3v) is 7.11. The highest BCUT2D eigenvalue weighted by Gasteiger charge is 2.31. The second kappa shape index (κ2) is 10.7. The molecule has 2 heterocycles. The summed E-state index contributed by atoms with van der Waals surface area (Å²) in [5.41, 5.74) is 1.77. The van der Waals surface area contributed by atoms with Crippen molar-refractivity contribution in [3.63, 3.8) is 0 Å². The highest BCUT2D eigenvalue weighted by atomic mass is 32.1. The molecule has 1 aromatic heterocycles. The average molecular weight is 466 g/mol. The quantitative estimate of drug-likeness (QED) is 0.533. The van der Waals surface area contributed by atoms with Gasteiger partial charge >= 0.3 is 0 Å². The molecule has 3 aromatic rings. The van der Waals surface area contributed by atoms with Gasteiger partial charge in [-0.05, 0) is 54.8 Å². The van der Waals surface area contributed by atoms with Crippen LogP contribution in [0, 0.1) is 0 Å². The Labute approximate surface area is 199 Å². The lowest BCUT2D eigenvalue weighted by molar-refractivity contribution is 0.0887. The SMILES string of the molecule is COc1ccc(N2CCN([C@H](c3cccs3)[C@@H](C)NC(=O)c3ccccc3OC)CC2)cc1. The first kappa shape index (κ1) is 23.1. The number of thiophene rings is 1. The number of para-hydroxylation sites is 1. The number of rotatable bonds is 8. The lowest BCUT2D eigenvalue weighted by atomic mass is 10.0. The number of piperazine rings is 1. The maximum Gasteiger partial charge on any atom is 0.255 e. The van der Waals surface area contributed by atoms with Crippen molar-refractivity contribution in [1.29, 1.82) is 0 Å². The predicted molar refractivity (Wildman–Crippen MR) is 134 cm³/mol. The number of benzene rings is 2. The monoisotopic (exact) mass is 465 g/mol. The van der Waals surface area contributed by atoms with Gasteiger partial charge in [-0.25, -0.2) is 0 Å². The Hall–Kier alpha value is -3.03. The van der Waals surface area contributed by atoms with Crippen molar-refractivity contribution in [1.82, 2.24) is 10.2 Å². The van der Waals surface area contributed by atoms with Crippen molar-refractivity contribution in [3.05, 3.63) is 76.5 Å². The van der Waals surface area contributed by atoms with Crippen LogP contribution in [0.3, 0.4) is 0 Å². The third kappa shape index (κ3) is 5.31. The molecule has 1 saturated heterocycles. The van der Waals surface area contributed by atoms with Crippen LogP contribution in [0.4, 0.5) is 5.69 Å². The normalized spacial score (nSPS) is 16.2. The number of methoxy groups -OCH3 is 2. The number of ether oxygens (including phenoxy) is 2. The van der Waals surface area contributed by atoms with Gasteiger partial charge in [0.2, 0.25) is 0 Å². The van der Waals surface area contributed by atoms with E-state index in [0.29, 0.717) is 11.3 Å². The summed E-state index contributed by atoms with van der Waals surface area (Å²) in [6, 6.07) is 19.9. The molecule has 4 rings (SSSR count). The van der Waals surface area contributed by atoms with Gasteiger partial charge < -0.3 is 19.7 Å². The van der Waals surface area contributed by atoms with Crippen molar-refractivity contribution in [2.45, 2.75) is 19.0 Å². The highest BCUT2D eigenvalue weighted by molar-refractivity contribution is 7.10. The second-order valence-electron chi connectivity index (χ2n) is 8.14. The van der Waals surface area contributed by atoms with Crippen molar-refractivity contribution < 1.29 is 14.3 Å². The molecule has 0 radical (unpaired) electrons. The summed E-state index contributed by atoms with van der Waals surface area (Å²) in [6.07, 6.45) is 0. The molecule has 1 fully saturated rings. The van der Waals surface area contributed by atoms with Gasteiger partial charge in [-0.2, -0.15) is 0 Å². The molecular weight excluding hydrogens is 434 g/mol. The van der Waals surface area contributed by atoms with Gasteiger partial charge in [-0.1, -0.05) is 18.2 Å². The molecule has 0 saturated carbocycles. The topological polar surface area (TPSA) is 54.0 Å². The Bertz CT molecular complexity index is 1030. The number of amides is 1. The Kier molecular flexibility index (Phi) is 7.52. The van der Waals surface area contributed by atoms with Crippen LogP contribution in [0.1, 0.15) is 28.2 Å². The molecule has 33 heavy (non-hydrogen) atoms. The van der Waals surface area contributed by atoms with E-state index in [1.165, 1.54) is 10.6 Å². The van der Waals surface area contributed by atoms with Crippen molar-refractivity contribution in [3.8, 4) is 11.5 Å². The van der Waals surface area contributed by atoms with Gasteiger partial charge in [-0.3, -0.25) is 9.69 Å². The maximum atomic E-state index is 13.1.